The number of aryl methyl sites for hydroxylation is 2. The lowest BCUT2D eigenvalue weighted by atomic mass is 9.74. The van der Waals surface area contributed by atoms with Crippen LogP contribution < -0.4 is 0 Å². The molecule has 0 bridgehead atoms. The Morgan fingerprint density at radius 3 is 2.36 bits per heavy atom. The van der Waals surface area contributed by atoms with Crippen LogP contribution in [0.2, 0.25) is 0 Å². The molecule has 2 aliphatic rings. The number of fused-ring (bicyclic) bond motifs is 1. The van der Waals surface area contributed by atoms with Gasteiger partial charge in [0.05, 0.1) is 11.5 Å². The van der Waals surface area contributed by atoms with Gasteiger partial charge in [0.2, 0.25) is 10.0 Å². The SMILES string of the molecule is COC[C@@H]1C(c2ccc(-c3cccc(C)c3)cc2)[C@@H]2CN(S(=O)(=O)c3ccccc3C)CCCCN12. The third-order valence-electron chi connectivity index (χ3n) is 7.84. The van der Waals surface area contributed by atoms with Gasteiger partial charge >= 0.3 is 0 Å². The lowest BCUT2D eigenvalue weighted by Gasteiger charge is -2.57. The molecule has 5 rings (SSSR count). The van der Waals surface area contributed by atoms with Crippen LogP contribution in [-0.4, -0.2) is 63.1 Å². The molecule has 190 valence electrons. The van der Waals surface area contributed by atoms with E-state index in [2.05, 4.69) is 60.4 Å². The minimum Gasteiger partial charge on any atom is -0.383 e. The van der Waals surface area contributed by atoms with E-state index in [0.29, 0.717) is 24.6 Å². The van der Waals surface area contributed by atoms with E-state index < -0.39 is 10.0 Å². The maximum atomic E-state index is 13.7. The number of ether oxygens (including phenoxy) is 1. The predicted molar refractivity (Wildman–Crippen MR) is 145 cm³/mol. The average molecular weight is 505 g/mol. The van der Waals surface area contributed by atoms with Crippen LogP contribution in [0.15, 0.2) is 77.7 Å². The second kappa shape index (κ2) is 10.5. The molecule has 3 atom stereocenters. The minimum absolute atomic E-state index is 0.133. The molecule has 1 unspecified atom stereocenters. The van der Waals surface area contributed by atoms with Crippen molar-refractivity contribution < 1.29 is 13.2 Å². The van der Waals surface area contributed by atoms with Crippen LogP contribution in [0.25, 0.3) is 11.1 Å². The molecule has 2 aliphatic heterocycles. The first-order chi connectivity index (χ1) is 17.4. The number of methoxy groups -OCH3 is 1. The van der Waals surface area contributed by atoms with Crippen molar-refractivity contribution in [1.29, 1.82) is 0 Å². The lowest BCUT2D eigenvalue weighted by Crippen LogP contribution is -2.68. The van der Waals surface area contributed by atoms with Gasteiger partial charge in [-0.25, -0.2) is 8.42 Å². The van der Waals surface area contributed by atoms with Crippen LogP contribution in [0.1, 0.15) is 35.4 Å². The van der Waals surface area contributed by atoms with Crippen molar-refractivity contribution in [2.24, 2.45) is 0 Å². The van der Waals surface area contributed by atoms with Gasteiger partial charge in [0, 0.05) is 38.2 Å². The fourth-order valence-corrected chi connectivity index (χ4v) is 7.71. The predicted octanol–water partition coefficient (Wildman–Crippen LogP) is 5.24. The molecule has 0 saturated carbocycles. The summed E-state index contributed by atoms with van der Waals surface area (Å²) in [5.74, 6) is 0.226. The maximum Gasteiger partial charge on any atom is 0.243 e. The zero-order chi connectivity index (χ0) is 25.3. The van der Waals surface area contributed by atoms with Crippen molar-refractivity contribution in [1.82, 2.24) is 9.21 Å². The topological polar surface area (TPSA) is 49.9 Å². The standard InChI is InChI=1S/C30H36N2O3S/c1-22-9-8-11-26(19-22)24-13-15-25(16-14-24)30-27-20-31(17-6-7-18-32(27)28(30)21-35-3)36(33,34)29-12-5-4-10-23(29)2/h4-5,8-16,19,27-28,30H,6-7,17-18,20-21H2,1-3H3/t27-,28+,30?/m0/s1. The molecular formula is C30H36N2O3S. The van der Waals surface area contributed by atoms with Gasteiger partial charge in [0.25, 0.3) is 0 Å². The maximum absolute atomic E-state index is 13.7. The summed E-state index contributed by atoms with van der Waals surface area (Å²) in [4.78, 5) is 2.89. The highest BCUT2D eigenvalue weighted by atomic mass is 32.2. The highest BCUT2D eigenvalue weighted by Crippen LogP contribution is 2.43. The van der Waals surface area contributed by atoms with Gasteiger partial charge in [-0.3, -0.25) is 4.90 Å². The van der Waals surface area contributed by atoms with Gasteiger partial charge in [0.1, 0.15) is 0 Å². The fourth-order valence-electron chi connectivity index (χ4n) is 5.99. The molecule has 36 heavy (non-hydrogen) atoms. The van der Waals surface area contributed by atoms with Gasteiger partial charge in [0.15, 0.2) is 0 Å². The molecule has 0 spiro atoms. The van der Waals surface area contributed by atoms with E-state index in [-0.39, 0.29) is 18.0 Å². The number of benzene rings is 3. The van der Waals surface area contributed by atoms with Crippen LogP contribution >= 0.6 is 0 Å². The van der Waals surface area contributed by atoms with Crippen LogP contribution in [0.3, 0.4) is 0 Å². The summed E-state index contributed by atoms with van der Waals surface area (Å²) in [6.07, 6.45) is 1.85. The Balaban J connectivity index is 1.45. The molecule has 3 aromatic carbocycles. The first-order valence-electron chi connectivity index (χ1n) is 12.9. The monoisotopic (exact) mass is 504 g/mol. The highest BCUT2D eigenvalue weighted by Gasteiger charge is 2.50. The molecular weight excluding hydrogens is 468 g/mol. The molecule has 2 fully saturated rings. The van der Waals surface area contributed by atoms with Gasteiger partial charge in [-0.2, -0.15) is 4.31 Å². The van der Waals surface area contributed by atoms with E-state index in [1.165, 1.54) is 22.3 Å². The zero-order valence-corrected chi connectivity index (χ0v) is 22.2. The van der Waals surface area contributed by atoms with Crippen molar-refractivity contribution in [3.63, 3.8) is 0 Å². The van der Waals surface area contributed by atoms with E-state index in [1.807, 2.05) is 25.1 Å². The van der Waals surface area contributed by atoms with E-state index in [0.717, 1.165) is 24.9 Å². The van der Waals surface area contributed by atoms with Crippen LogP contribution in [-0.2, 0) is 14.8 Å². The Morgan fingerprint density at radius 1 is 0.889 bits per heavy atom. The molecule has 2 saturated heterocycles. The zero-order valence-electron chi connectivity index (χ0n) is 21.4. The van der Waals surface area contributed by atoms with E-state index in [1.54, 1.807) is 17.5 Å². The van der Waals surface area contributed by atoms with Gasteiger partial charge in [-0.1, -0.05) is 72.3 Å². The van der Waals surface area contributed by atoms with Crippen molar-refractivity contribution in [2.75, 3.05) is 33.4 Å². The van der Waals surface area contributed by atoms with E-state index in [4.69, 9.17) is 4.74 Å². The van der Waals surface area contributed by atoms with Crippen molar-refractivity contribution >= 4 is 10.0 Å². The fraction of sp³-hybridized carbons (Fsp3) is 0.400. The largest absolute Gasteiger partial charge is 0.383 e. The summed E-state index contributed by atoms with van der Waals surface area (Å²) < 4.78 is 34.8. The van der Waals surface area contributed by atoms with Crippen LogP contribution in [0.5, 0.6) is 0 Å². The van der Waals surface area contributed by atoms with Crippen LogP contribution in [0.4, 0.5) is 0 Å². The Bertz CT molecular complexity index is 1310. The van der Waals surface area contributed by atoms with Crippen LogP contribution in [0, 0.1) is 13.8 Å². The molecule has 0 amide bonds. The van der Waals surface area contributed by atoms with Gasteiger partial charge in [-0.05, 0) is 61.6 Å². The molecule has 0 radical (unpaired) electrons. The molecule has 0 aromatic heterocycles. The molecule has 2 heterocycles. The summed E-state index contributed by atoms with van der Waals surface area (Å²) in [6, 6.07) is 25.1. The van der Waals surface area contributed by atoms with E-state index >= 15 is 0 Å². The summed E-state index contributed by atoms with van der Waals surface area (Å²) in [5, 5.41) is 0. The highest BCUT2D eigenvalue weighted by molar-refractivity contribution is 7.89. The molecule has 0 aliphatic carbocycles. The molecule has 3 aromatic rings. The summed E-state index contributed by atoms with van der Waals surface area (Å²) in [6.45, 7) is 6.68. The smallest absolute Gasteiger partial charge is 0.243 e. The van der Waals surface area contributed by atoms with E-state index in [9.17, 15) is 8.42 Å². The molecule has 6 heteroatoms. The Hall–Kier alpha value is -2.51. The second-order valence-corrected chi connectivity index (χ2v) is 12.1. The number of hydrogen-bond acceptors (Lipinski definition) is 4. The van der Waals surface area contributed by atoms with Crippen molar-refractivity contribution in [3.8, 4) is 11.1 Å². The summed E-state index contributed by atoms with van der Waals surface area (Å²) in [5.41, 5.74) is 5.71. The van der Waals surface area contributed by atoms with Gasteiger partial charge in [-0.15, -0.1) is 0 Å². The van der Waals surface area contributed by atoms with Crippen molar-refractivity contribution in [2.45, 2.75) is 49.6 Å². The quantitative estimate of drug-likeness (QED) is 0.461. The number of rotatable bonds is 6. The summed E-state index contributed by atoms with van der Waals surface area (Å²) >= 11 is 0. The lowest BCUT2D eigenvalue weighted by molar-refractivity contribution is -0.0635. The average Bonchev–Trinajstić information content (AvgIpc) is 2.85. The normalized spacial score (nSPS) is 23.4. The summed E-state index contributed by atoms with van der Waals surface area (Å²) in [7, 11) is -1.81. The third kappa shape index (κ3) is 4.75. The molecule has 0 N–H and O–H groups in total. The molecule has 5 nitrogen and oxygen atoms in total. The van der Waals surface area contributed by atoms with Crippen molar-refractivity contribution in [3.05, 3.63) is 89.5 Å². The first-order valence-corrected chi connectivity index (χ1v) is 14.3. The Kier molecular flexibility index (Phi) is 7.31. The third-order valence-corrected chi connectivity index (χ3v) is 9.87. The van der Waals surface area contributed by atoms with Gasteiger partial charge < -0.3 is 4.74 Å². The first kappa shape index (κ1) is 25.2. The minimum atomic E-state index is -3.56. The number of nitrogens with zero attached hydrogens (tertiary/aromatic N) is 2. The Morgan fingerprint density at radius 2 is 1.64 bits per heavy atom. The Labute approximate surface area is 215 Å². The number of sulfonamides is 1. The second-order valence-electron chi connectivity index (χ2n) is 10.2. The number of hydrogen-bond donors (Lipinski definition) is 0.